The molecule has 4 heteroatoms. The van der Waals surface area contributed by atoms with Gasteiger partial charge in [0.05, 0.1) is 17.5 Å². The van der Waals surface area contributed by atoms with Crippen molar-refractivity contribution in [3.8, 4) is 0 Å². The third kappa shape index (κ3) is 2.64. The zero-order valence-corrected chi connectivity index (χ0v) is 9.69. The van der Waals surface area contributed by atoms with Crippen molar-refractivity contribution >= 4 is 11.5 Å². The predicted molar refractivity (Wildman–Crippen MR) is 65.3 cm³/mol. The van der Waals surface area contributed by atoms with Gasteiger partial charge in [-0.25, -0.2) is 4.98 Å². The van der Waals surface area contributed by atoms with Gasteiger partial charge in [0, 0.05) is 13.1 Å². The number of hydrogen-bond donors (Lipinski definition) is 2. The minimum atomic E-state index is -0.525. The molecule has 2 heterocycles. The third-order valence-electron chi connectivity index (χ3n) is 3.16. The Morgan fingerprint density at radius 3 is 2.88 bits per heavy atom. The Morgan fingerprint density at radius 2 is 2.19 bits per heavy atom. The Hall–Kier alpha value is -1.29. The molecule has 88 valence electrons. The summed E-state index contributed by atoms with van der Waals surface area (Å²) >= 11 is 0. The van der Waals surface area contributed by atoms with Crippen molar-refractivity contribution in [1.29, 1.82) is 0 Å². The highest BCUT2D eigenvalue weighted by atomic mass is 16.3. The van der Waals surface area contributed by atoms with Crippen LogP contribution in [0.1, 0.15) is 26.2 Å². The molecule has 3 N–H and O–H groups in total. The largest absolute Gasteiger partial charge is 0.397 e. The monoisotopic (exact) mass is 221 g/mol. The van der Waals surface area contributed by atoms with Gasteiger partial charge < -0.3 is 15.7 Å². The van der Waals surface area contributed by atoms with E-state index < -0.39 is 5.60 Å². The van der Waals surface area contributed by atoms with Crippen LogP contribution in [0.4, 0.5) is 11.5 Å². The van der Waals surface area contributed by atoms with Gasteiger partial charge in [0.25, 0.3) is 0 Å². The maximum absolute atomic E-state index is 10.00. The molecule has 1 atom stereocenters. The molecule has 1 aromatic rings. The van der Waals surface area contributed by atoms with E-state index in [1.165, 1.54) is 0 Å². The fourth-order valence-electron chi connectivity index (χ4n) is 2.08. The first-order chi connectivity index (χ1) is 7.57. The molecule has 1 fully saturated rings. The predicted octanol–water partition coefficient (Wildman–Crippen LogP) is 1.41. The Bertz CT molecular complexity index is 348. The molecular formula is C12H19N3O. The average Bonchev–Trinajstić information content (AvgIpc) is 2.41. The number of nitrogens with zero attached hydrogens (tertiary/aromatic N) is 2. The summed E-state index contributed by atoms with van der Waals surface area (Å²) in [6.07, 6.45) is 4.33. The van der Waals surface area contributed by atoms with E-state index in [1.54, 1.807) is 6.20 Å². The molecule has 0 aliphatic carbocycles. The Kier molecular flexibility index (Phi) is 3.01. The molecule has 0 saturated carbocycles. The smallest absolute Gasteiger partial charge is 0.128 e. The van der Waals surface area contributed by atoms with Gasteiger partial charge in [-0.3, -0.25) is 0 Å². The summed E-state index contributed by atoms with van der Waals surface area (Å²) in [7, 11) is 0. The lowest BCUT2D eigenvalue weighted by molar-refractivity contribution is 0.0481. The van der Waals surface area contributed by atoms with E-state index >= 15 is 0 Å². The fourth-order valence-corrected chi connectivity index (χ4v) is 2.08. The van der Waals surface area contributed by atoms with E-state index in [4.69, 9.17) is 5.73 Å². The number of aliphatic hydroxyl groups is 1. The second-order valence-electron chi connectivity index (χ2n) is 4.79. The highest BCUT2D eigenvalue weighted by Crippen LogP contribution is 2.24. The van der Waals surface area contributed by atoms with E-state index in [1.807, 2.05) is 19.1 Å². The van der Waals surface area contributed by atoms with E-state index in [9.17, 15) is 5.11 Å². The molecule has 0 amide bonds. The van der Waals surface area contributed by atoms with Gasteiger partial charge >= 0.3 is 0 Å². The number of rotatable bonds is 1. The fraction of sp³-hybridized carbons (Fsp3) is 0.583. The normalized spacial score (nSPS) is 26.5. The van der Waals surface area contributed by atoms with E-state index in [2.05, 4.69) is 9.88 Å². The van der Waals surface area contributed by atoms with Crippen LogP contribution in [0, 0.1) is 0 Å². The van der Waals surface area contributed by atoms with E-state index in [0.717, 1.165) is 38.2 Å². The van der Waals surface area contributed by atoms with Crippen LogP contribution in [0.2, 0.25) is 0 Å². The van der Waals surface area contributed by atoms with Crippen LogP contribution in [-0.4, -0.2) is 28.8 Å². The van der Waals surface area contributed by atoms with Gasteiger partial charge in [-0.05, 0) is 38.3 Å². The molecule has 0 spiro atoms. The molecule has 0 radical (unpaired) electrons. The van der Waals surface area contributed by atoms with Gasteiger partial charge in [-0.2, -0.15) is 0 Å². The molecule has 1 aliphatic heterocycles. The van der Waals surface area contributed by atoms with Crippen LogP contribution in [0.15, 0.2) is 18.3 Å². The number of pyridine rings is 1. The molecule has 1 aromatic heterocycles. The van der Waals surface area contributed by atoms with Crippen molar-refractivity contribution in [1.82, 2.24) is 4.98 Å². The summed E-state index contributed by atoms with van der Waals surface area (Å²) in [4.78, 5) is 6.52. The molecular weight excluding hydrogens is 202 g/mol. The van der Waals surface area contributed by atoms with E-state index in [-0.39, 0.29) is 0 Å². The molecule has 1 saturated heterocycles. The lowest BCUT2D eigenvalue weighted by atomic mass is 9.98. The van der Waals surface area contributed by atoms with Crippen molar-refractivity contribution in [3.05, 3.63) is 18.3 Å². The minimum absolute atomic E-state index is 0.525. The van der Waals surface area contributed by atoms with Crippen molar-refractivity contribution in [3.63, 3.8) is 0 Å². The lowest BCUT2D eigenvalue weighted by Gasteiger charge is -2.23. The van der Waals surface area contributed by atoms with Gasteiger partial charge in [0.1, 0.15) is 5.82 Å². The van der Waals surface area contributed by atoms with Gasteiger partial charge in [-0.15, -0.1) is 0 Å². The van der Waals surface area contributed by atoms with Crippen LogP contribution in [-0.2, 0) is 0 Å². The maximum atomic E-state index is 10.00. The zero-order chi connectivity index (χ0) is 11.6. The summed E-state index contributed by atoms with van der Waals surface area (Å²) in [5.41, 5.74) is 5.77. The quantitative estimate of drug-likeness (QED) is 0.752. The Balaban J connectivity index is 2.08. The molecule has 1 unspecified atom stereocenters. The first-order valence-corrected chi connectivity index (χ1v) is 5.76. The summed E-state index contributed by atoms with van der Waals surface area (Å²) < 4.78 is 0. The molecule has 16 heavy (non-hydrogen) atoms. The first-order valence-electron chi connectivity index (χ1n) is 5.76. The highest BCUT2D eigenvalue weighted by Gasteiger charge is 2.25. The summed E-state index contributed by atoms with van der Waals surface area (Å²) in [5.74, 6) is 0.951. The molecule has 2 rings (SSSR count). The summed E-state index contributed by atoms with van der Waals surface area (Å²) in [6, 6.07) is 3.81. The van der Waals surface area contributed by atoms with Gasteiger partial charge in [0.15, 0.2) is 0 Å². The Labute approximate surface area is 96.1 Å². The van der Waals surface area contributed by atoms with Gasteiger partial charge in [0.2, 0.25) is 0 Å². The minimum Gasteiger partial charge on any atom is -0.397 e. The first kappa shape index (κ1) is 11.2. The van der Waals surface area contributed by atoms with Crippen molar-refractivity contribution < 1.29 is 5.11 Å². The second kappa shape index (κ2) is 4.29. The standard InChI is InChI=1S/C12H19N3O/c1-12(16)5-2-7-15(8-6-12)11-4-3-10(13)9-14-11/h3-4,9,16H,2,5-8,13H2,1H3. The van der Waals surface area contributed by atoms with Crippen LogP contribution < -0.4 is 10.6 Å². The number of nitrogens with two attached hydrogens (primary N) is 1. The van der Waals surface area contributed by atoms with Crippen molar-refractivity contribution in [2.24, 2.45) is 0 Å². The average molecular weight is 221 g/mol. The van der Waals surface area contributed by atoms with Crippen LogP contribution in [0.25, 0.3) is 0 Å². The van der Waals surface area contributed by atoms with Crippen LogP contribution in [0.3, 0.4) is 0 Å². The second-order valence-corrected chi connectivity index (χ2v) is 4.79. The SMILES string of the molecule is CC1(O)CCCN(c2ccc(N)cn2)CC1. The molecule has 0 bridgehead atoms. The number of nitrogen functional groups attached to an aromatic ring is 1. The lowest BCUT2D eigenvalue weighted by Crippen LogP contribution is -2.28. The summed E-state index contributed by atoms with van der Waals surface area (Å²) in [6.45, 7) is 3.71. The number of aromatic nitrogens is 1. The molecule has 0 aromatic carbocycles. The number of anilines is 2. The van der Waals surface area contributed by atoms with Crippen LogP contribution in [0.5, 0.6) is 0 Å². The van der Waals surface area contributed by atoms with Crippen molar-refractivity contribution in [2.75, 3.05) is 23.7 Å². The molecule has 1 aliphatic rings. The van der Waals surface area contributed by atoms with Crippen LogP contribution >= 0.6 is 0 Å². The zero-order valence-electron chi connectivity index (χ0n) is 9.69. The molecule has 4 nitrogen and oxygen atoms in total. The summed E-state index contributed by atoms with van der Waals surface area (Å²) in [5, 5.41) is 10.00. The maximum Gasteiger partial charge on any atom is 0.128 e. The van der Waals surface area contributed by atoms with Crippen molar-refractivity contribution in [2.45, 2.75) is 31.8 Å². The highest BCUT2D eigenvalue weighted by molar-refractivity contribution is 5.45. The number of hydrogen-bond acceptors (Lipinski definition) is 4. The van der Waals surface area contributed by atoms with E-state index in [0.29, 0.717) is 5.69 Å². The Morgan fingerprint density at radius 1 is 1.38 bits per heavy atom. The topological polar surface area (TPSA) is 62.4 Å². The van der Waals surface area contributed by atoms with Gasteiger partial charge in [-0.1, -0.05) is 0 Å². The third-order valence-corrected chi connectivity index (χ3v) is 3.16.